The van der Waals surface area contributed by atoms with Gasteiger partial charge in [0.25, 0.3) is 0 Å². The molecule has 0 radical (unpaired) electrons. The fourth-order valence-electron chi connectivity index (χ4n) is 5.34. The van der Waals surface area contributed by atoms with Crippen molar-refractivity contribution in [2.75, 3.05) is 39.5 Å². The van der Waals surface area contributed by atoms with Crippen LogP contribution >= 0.6 is 0 Å². The van der Waals surface area contributed by atoms with Gasteiger partial charge in [0.05, 0.1) is 0 Å². The maximum atomic E-state index is 5.03. The van der Waals surface area contributed by atoms with Gasteiger partial charge in [-0.3, -0.25) is 0 Å². The Labute approximate surface area is 314 Å². The second-order valence-corrected chi connectivity index (χ2v) is 13.4. The first kappa shape index (κ1) is 43.2. The van der Waals surface area contributed by atoms with Gasteiger partial charge in [-0.1, -0.05) is 127 Å². The standard InChI is InChI=1S/C27H40N2.C7H7.2C4H8O.Y/c1-18(2)22-12-9-13-23(19(3)4)26(22)28-16-11-17-29-27-24(20(5)6)14-10-15-25(27)21(7)8;1-7-5-3-2-4-6-7;2*1-2-4-5-3-1;/h9-10,12-15,18-21H,11,16-17H2,1-8H3;2-6H,1H2;2*1-4H2;/q-2;-1;;;+3. The summed E-state index contributed by atoms with van der Waals surface area (Å²) in [5, 5.41) is 10.1. The molecule has 0 saturated carbocycles. The van der Waals surface area contributed by atoms with Crippen molar-refractivity contribution in [1.29, 1.82) is 0 Å². The topological polar surface area (TPSA) is 46.7 Å². The molecule has 0 atom stereocenters. The van der Waals surface area contributed by atoms with E-state index in [1.807, 2.05) is 30.3 Å². The molecule has 0 bridgehead atoms. The summed E-state index contributed by atoms with van der Waals surface area (Å²) in [7, 11) is 0. The molecule has 256 valence electrons. The Morgan fingerprint density at radius 2 is 0.830 bits per heavy atom. The largest absolute Gasteiger partial charge is 3.00 e. The fraction of sp³-hybridized carbons (Fsp3) is 0.548. The van der Waals surface area contributed by atoms with Gasteiger partial charge in [0, 0.05) is 26.4 Å². The molecule has 5 rings (SSSR count). The third-order valence-corrected chi connectivity index (χ3v) is 8.04. The van der Waals surface area contributed by atoms with E-state index in [1.54, 1.807) is 0 Å². The first-order chi connectivity index (χ1) is 22.1. The summed E-state index contributed by atoms with van der Waals surface area (Å²) in [6.45, 7) is 27.4. The van der Waals surface area contributed by atoms with Gasteiger partial charge in [-0.15, -0.1) is 36.6 Å². The average Bonchev–Trinajstić information content (AvgIpc) is 3.81. The van der Waals surface area contributed by atoms with E-state index >= 15 is 0 Å². The first-order valence-electron chi connectivity index (χ1n) is 17.8. The molecule has 2 aliphatic rings. The minimum atomic E-state index is 0. The van der Waals surface area contributed by atoms with E-state index in [9.17, 15) is 0 Å². The van der Waals surface area contributed by atoms with Crippen molar-refractivity contribution in [3.05, 3.63) is 112 Å². The van der Waals surface area contributed by atoms with Crippen LogP contribution in [0.15, 0.2) is 66.7 Å². The van der Waals surface area contributed by atoms with Crippen LogP contribution in [0.25, 0.3) is 10.6 Å². The zero-order valence-corrected chi connectivity index (χ0v) is 33.8. The third-order valence-electron chi connectivity index (χ3n) is 8.04. The van der Waals surface area contributed by atoms with Crippen molar-refractivity contribution in [2.24, 2.45) is 0 Å². The van der Waals surface area contributed by atoms with Gasteiger partial charge in [-0.25, -0.2) is 0 Å². The molecule has 2 heterocycles. The van der Waals surface area contributed by atoms with Gasteiger partial charge in [0.2, 0.25) is 0 Å². The Bertz CT molecular complexity index is 1060. The number of ether oxygens (including phenoxy) is 2. The number of benzene rings is 3. The minimum Gasteiger partial charge on any atom is -0.684 e. The van der Waals surface area contributed by atoms with E-state index in [4.69, 9.17) is 20.1 Å². The van der Waals surface area contributed by atoms with Gasteiger partial charge in [0.15, 0.2) is 0 Å². The molecule has 0 unspecified atom stereocenters. The molecule has 5 heteroatoms. The Morgan fingerprint density at radius 1 is 0.511 bits per heavy atom. The average molecular weight is 717 g/mol. The van der Waals surface area contributed by atoms with Crippen LogP contribution in [0.1, 0.15) is 139 Å². The molecule has 47 heavy (non-hydrogen) atoms. The smallest absolute Gasteiger partial charge is 0.684 e. The molecule has 0 N–H and O–H groups in total. The number of hydrogen-bond donors (Lipinski definition) is 0. The quantitative estimate of drug-likeness (QED) is 0.155. The molecule has 3 aromatic carbocycles. The molecule has 0 amide bonds. The second-order valence-electron chi connectivity index (χ2n) is 13.4. The van der Waals surface area contributed by atoms with Crippen LogP contribution in [0.5, 0.6) is 0 Å². The maximum absolute atomic E-state index is 5.03. The molecule has 0 aliphatic carbocycles. The Kier molecular flexibility index (Phi) is 23.1. The normalized spacial score (nSPS) is 13.6. The van der Waals surface area contributed by atoms with Gasteiger partial charge >= 0.3 is 32.7 Å². The number of rotatable bonds is 10. The van der Waals surface area contributed by atoms with Crippen LogP contribution in [0, 0.1) is 6.92 Å². The van der Waals surface area contributed by atoms with E-state index in [2.05, 4.69) is 98.7 Å². The summed E-state index contributed by atoms with van der Waals surface area (Å²) in [5.74, 6) is 1.96. The van der Waals surface area contributed by atoms with Crippen molar-refractivity contribution in [2.45, 2.75) is 111 Å². The molecule has 3 aromatic rings. The zero-order valence-electron chi connectivity index (χ0n) is 30.9. The van der Waals surface area contributed by atoms with Crippen molar-refractivity contribution in [3.63, 3.8) is 0 Å². The van der Waals surface area contributed by atoms with Crippen LogP contribution in [-0.4, -0.2) is 39.5 Å². The second kappa shape index (κ2) is 25.2. The summed E-state index contributed by atoms with van der Waals surface area (Å²) < 4.78 is 9.89. The molecular weight excluding hydrogens is 653 g/mol. The van der Waals surface area contributed by atoms with Crippen LogP contribution in [-0.2, 0) is 42.2 Å². The van der Waals surface area contributed by atoms with Crippen molar-refractivity contribution >= 4 is 11.4 Å². The Balaban J connectivity index is 0.000000489. The summed E-state index contributed by atoms with van der Waals surface area (Å²) in [6.07, 6.45) is 6.09. The zero-order chi connectivity index (χ0) is 33.7. The van der Waals surface area contributed by atoms with Gasteiger partial charge in [-0.2, -0.15) is 24.6 Å². The molecule has 0 spiro atoms. The Morgan fingerprint density at radius 3 is 1.04 bits per heavy atom. The Hall–Kier alpha value is -1.85. The van der Waals surface area contributed by atoms with E-state index < -0.39 is 0 Å². The summed E-state index contributed by atoms with van der Waals surface area (Å²) in [4.78, 5) is 0. The molecule has 2 saturated heterocycles. The predicted molar refractivity (Wildman–Crippen MR) is 201 cm³/mol. The third kappa shape index (κ3) is 16.9. The van der Waals surface area contributed by atoms with Gasteiger partial charge in [0.1, 0.15) is 0 Å². The molecule has 4 nitrogen and oxygen atoms in total. The molecular formula is C42H63N2O2Y. The first-order valence-corrected chi connectivity index (χ1v) is 17.8. The SMILES string of the molecule is C1CCOC1.C1CCOC1.CC(C)c1cccc(C(C)C)c1[N-]CCC[N-]c1c(C(C)C)cccc1C(C)C.[CH2-]c1ccccc1.[Y+3]. The molecule has 2 aliphatic heterocycles. The van der Waals surface area contributed by atoms with Crippen LogP contribution in [0.2, 0.25) is 0 Å². The van der Waals surface area contributed by atoms with E-state index in [0.717, 1.165) is 51.5 Å². The van der Waals surface area contributed by atoms with E-state index in [0.29, 0.717) is 23.7 Å². The van der Waals surface area contributed by atoms with Crippen LogP contribution in [0.3, 0.4) is 0 Å². The van der Waals surface area contributed by atoms with Crippen molar-refractivity contribution in [3.8, 4) is 0 Å². The predicted octanol–water partition coefficient (Wildman–Crippen LogP) is 12.7. The van der Waals surface area contributed by atoms with Gasteiger partial charge < -0.3 is 20.1 Å². The number of hydrogen-bond acceptors (Lipinski definition) is 2. The molecule has 0 aromatic heterocycles. The fourth-order valence-corrected chi connectivity index (χ4v) is 5.34. The maximum Gasteiger partial charge on any atom is 3.00 e. The minimum absolute atomic E-state index is 0. The summed E-state index contributed by atoms with van der Waals surface area (Å²) in [5.41, 5.74) is 8.94. The van der Waals surface area contributed by atoms with E-state index in [-0.39, 0.29) is 32.7 Å². The van der Waals surface area contributed by atoms with Crippen molar-refractivity contribution in [1.82, 2.24) is 0 Å². The van der Waals surface area contributed by atoms with E-state index in [1.165, 1.54) is 59.3 Å². The van der Waals surface area contributed by atoms with Gasteiger partial charge in [-0.05, 0) is 49.4 Å². The number of nitrogens with zero attached hydrogens (tertiary/aromatic N) is 2. The van der Waals surface area contributed by atoms with Crippen LogP contribution in [0.4, 0.5) is 11.4 Å². The summed E-state index contributed by atoms with van der Waals surface area (Å²) in [6, 6.07) is 23.1. The monoisotopic (exact) mass is 716 g/mol. The summed E-state index contributed by atoms with van der Waals surface area (Å²) >= 11 is 0. The molecule has 2 fully saturated rings. The van der Waals surface area contributed by atoms with Crippen molar-refractivity contribution < 1.29 is 42.2 Å². The number of para-hydroxylation sites is 2. The van der Waals surface area contributed by atoms with Crippen LogP contribution < -0.4 is 0 Å².